The lowest BCUT2D eigenvalue weighted by Crippen LogP contribution is -2.42. The highest BCUT2D eigenvalue weighted by atomic mass is 32.2. The molecule has 182 valence electrons. The van der Waals surface area contributed by atoms with Gasteiger partial charge in [0, 0.05) is 24.8 Å². The number of carbonyl (C=O) groups excluding carboxylic acids is 1. The van der Waals surface area contributed by atoms with Crippen LogP contribution in [-0.4, -0.2) is 46.3 Å². The number of pyridine rings is 1. The maximum atomic E-state index is 13.0. The number of alkyl halides is 3. The molecule has 8 nitrogen and oxygen atoms in total. The van der Waals surface area contributed by atoms with E-state index in [9.17, 15) is 26.4 Å². The van der Waals surface area contributed by atoms with E-state index in [0.717, 1.165) is 18.7 Å². The summed E-state index contributed by atoms with van der Waals surface area (Å²) in [5, 5.41) is 10.2. The van der Waals surface area contributed by atoms with Crippen LogP contribution in [0.4, 0.5) is 13.2 Å². The highest BCUT2D eigenvalue weighted by molar-refractivity contribution is 7.89. The van der Waals surface area contributed by atoms with Gasteiger partial charge in [-0.05, 0) is 54.7 Å². The van der Waals surface area contributed by atoms with Crippen molar-refractivity contribution >= 4 is 21.6 Å². The first-order valence-electron chi connectivity index (χ1n) is 10.7. The van der Waals surface area contributed by atoms with E-state index in [-0.39, 0.29) is 40.3 Å². The largest absolute Gasteiger partial charge is 0.417 e. The SMILES string of the molecule is CC1CC(C)CN(S(=O)(=O)c2ccc(C(=O)NCc3nnc4ccc(C(F)(F)F)cn34)cc2)C1. The van der Waals surface area contributed by atoms with Crippen LogP contribution >= 0.6 is 0 Å². The number of fused-ring (bicyclic) bond motifs is 1. The first-order valence-corrected chi connectivity index (χ1v) is 12.2. The van der Waals surface area contributed by atoms with E-state index in [4.69, 9.17) is 0 Å². The van der Waals surface area contributed by atoms with Crippen molar-refractivity contribution in [2.75, 3.05) is 13.1 Å². The van der Waals surface area contributed by atoms with Crippen molar-refractivity contribution in [2.45, 2.75) is 37.9 Å². The van der Waals surface area contributed by atoms with E-state index in [0.29, 0.717) is 13.1 Å². The monoisotopic (exact) mass is 495 g/mol. The first-order chi connectivity index (χ1) is 15.9. The number of halogens is 3. The van der Waals surface area contributed by atoms with Gasteiger partial charge in [-0.3, -0.25) is 9.20 Å². The molecule has 0 saturated carbocycles. The summed E-state index contributed by atoms with van der Waals surface area (Å²) in [6.07, 6.45) is -2.67. The fourth-order valence-corrected chi connectivity index (χ4v) is 5.90. The van der Waals surface area contributed by atoms with Gasteiger partial charge in [-0.25, -0.2) is 8.42 Å². The molecule has 34 heavy (non-hydrogen) atoms. The minimum atomic E-state index is -4.52. The maximum Gasteiger partial charge on any atom is 0.417 e. The minimum Gasteiger partial charge on any atom is -0.345 e. The van der Waals surface area contributed by atoms with Gasteiger partial charge in [-0.1, -0.05) is 13.8 Å². The molecule has 1 N–H and O–H groups in total. The Morgan fingerprint density at radius 3 is 2.32 bits per heavy atom. The number of sulfonamides is 1. The summed E-state index contributed by atoms with van der Waals surface area (Å²) in [6, 6.07) is 7.69. The topological polar surface area (TPSA) is 96.7 Å². The Morgan fingerprint density at radius 2 is 1.71 bits per heavy atom. The zero-order valence-corrected chi connectivity index (χ0v) is 19.4. The van der Waals surface area contributed by atoms with Crippen LogP contribution in [0.15, 0.2) is 47.5 Å². The van der Waals surface area contributed by atoms with Gasteiger partial charge in [0.2, 0.25) is 10.0 Å². The van der Waals surface area contributed by atoms with Crippen LogP contribution in [0.3, 0.4) is 0 Å². The molecule has 0 spiro atoms. The summed E-state index contributed by atoms with van der Waals surface area (Å²) in [7, 11) is -3.67. The van der Waals surface area contributed by atoms with E-state index in [1.165, 1.54) is 39.0 Å². The standard InChI is InChI=1S/C22H24F3N5O3S/c1-14-9-15(2)12-29(11-14)34(32,33)18-6-3-16(4-7-18)21(31)26-10-20-28-27-19-8-5-17(13-30(19)20)22(23,24)25/h3-8,13-15H,9-12H2,1-2H3,(H,26,31). The molecule has 3 aromatic rings. The molecular weight excluding hydrogens is 471 g/mol. The molecular formula is C22H24F3N5O3S. The Labute approximate surface area is 194 Å². The average molecular weight is 496 g/mol. The number of carbonyl (C=O) groups is 1. The molecule has 0 aliphatic carbocycles. The number of benzene rings is 1. The van der Waals surface area contributed by atoms with Gasteiger partial charge in [-0.2, -0.15) is 17.5 Å². The van der Waals surface area contributed by atoms with Crippen molar-refractivity contribution in [1.82, 2.24) is 24.2 Å². The summed E-state index contributed by atoms with van der Waals surface area (Å²) < 4.78 is 67.6. The van der Waals surface area contributed by atoms with Crippen LogP contribution in [0.5, 0.6) is 0 Å². The van der Waals surface area contributed by atoms with Crippen LogP contribution in [0.1, 0.15) is 42.0 Å². The van der Waals surface area contributed by atoms with Gasteiger partial charge in [0.25, 0.3) is 5.91 Å². The van der Waals surface area contributed by atoms with Crippen molar-refractivity contribution in [1.29, 1.82) is 0 Å². The average Bonchev–Trinajstić information content (AvgIpc) is 3.18. The molecule has 1 saturated heterocycles. The number of rotatable bonds is 5. The second-order valence-electron chi connectivity index (χ2n) is 8.74. The molecule has 0 radical (unpaired) electrons. The lowest BCUT2D eigenvalue weighted by molar-refractivity contribution is -0.137. The number of nitrogens with zero attached hydrogens (tertiary/aromatic N) is 4. The molecule has 0 bridgehead atoms. The third-order valence-electron chi connectivity index (χ3n) is 5.80. The van der Waals surface area contributed by atoms with Gasteiger partial charge in [0.15, 0.2) is 11.5 Å². The molecule has 1 aliphatic heterocycles. The van der Waals surface area contributed by atoms with Crippen molar-refractivity contribution in [3.05, 3.63) is 59.5 Å². The van der Waals surface area contributed by atoms with Crippen molar-refractivity contribution in [2.24, 2.45) is 11.8 Å². The Morgan fingerprint density at radius 1 is 1.06 bits per heavy atom. The predicted molar refractivity (Wildman–Crippen MR) is 117 cm³/mol. The summed E-state index contributed by atoms with van der Waals surface area (Å²) in [6.45, 7) is 4.79. The number of piperidine rings is 1. The van der Waals surface area contributed by atoms with Crippen LogP contribution in [0.25, 0.3) is 5.65 Å². The highest BCUT2D eigenvalue weighted by Crippen LogP contribution is 2.29. The third-order valence-corrected chi connectivity index (χ3v) is 7.64. The van der Waals surface area contributed by atoms with Crippen molar-refractivity contribution in [3.63, 3.8) is 0 Å². The van der Waals surface area contributed by atoms with Gasteiger partial charge >= 0.3 is 6.18 Å². The molecule has 1 amide bonds. The Bertz CT molecular complexity index is 1300. The summed E-state index contributed by atoms with van der Waals surface area (Å²) in [5.41, 5.74) is -0.432. The molecule has 1 fully saturated rings. The summed E-state index contributed by atoms with van der Waals surface area (Å²) in [4.78, 5) is 12.6. The van der Waals surface area contributed by atoms with Crippen LogP contribution in [0.2, 0.25) is 0 Å². The quantitative estimate of drug-likeness (QED) is 0.586. The number of aromatic nitrogens is 3. The predicted octanol–water partition coefficient (Wildman–Crippen LogP) is 3.34. The van der Waals surface area contributed by atoms with Gasteiger partial charge in [0.1, 0.15) is 0 Å². The lowest BCUT2D eigenvalue weighted by atomic mass is 9.94. The van der Waals surface area contributed by atoms with E-state index in [1.807, 2.05) is 13.8 Å². The Kier molecular flexibility index (Phi) is 6.38. The number of amides is 1. The van der Waals surface area contributed by atoms with E-state index in [1.54, 1.807) is 0 Å². The molecule has 2 atom stereocenters. The number of hydrogen-bond acceptors (Lipinski definition) is 5. The molecule has 1 aromatic carbocycles. The normalized spacial score (nSPS) is 19.9. The smallest absolute Gasteiger partial charge is 0.345 e. The lowest BCUT2D eigenvalue weighted by Gasteiger charge is -2.34. The molecule has 2 unspecified atom stereocenters. The zero-order chi connectivity index (χ0) is 24.7. The number of hydrogen-bond donors (Lipinski definition) is 1. The molecule has 2 aromatic heterocycles. The van der Waals surface area contributed by atoms with Gasteiger partial charge < -0.3 is 5.32 Å². The van der Waals surface area contributed by atoms with Crippen molar-refractivity contribution < 1.29 is 26.4 Å². The third kappa shape index (κ3) is 4.92. The summed E-state index contributed by atoms with van der Waals surface area (Å²) >= 11 is 0. The molecule has 12 heteroatoms. The van der Waals surface area contributed by atoms with E-state index in [2.05, 4.69) is 15.5 Å². The zero-order valence-electron chi connectivity index (χ0n) is 18.6. The molecule has 1 aliphatic rings. The Hall–Kier alpha value is -2.99. The second kappa shape index (κ2) is 8.99. The Balaban J connectivity index is 1.46. The van der Waals surface area contributed by atoms with E-state index < -0.39 is 27.7 Å². The van der Waals surface area contributed by atoms with Crippen LogP contribution in [-0.2, 0) is 22.7 Å². The maximum absolute atomic E-state index is 13.0. The fourth-order valence-electron chi connectivity index (χ4n) is 4.22. The van der Waals surface area contributed by atoms with Crippen molar-refractivity contribution in [3.8, 4) is 0 Å². The van der Waals surface area contributed by atoms with Crippen LogP contribution in [0, 0.1) is 11.8 Å². The first kappa shape index (κ1) is 24.1. The highest BCUT2D eigenvalue weighted by Gasteiger charge is 2.32. The summed E-state index contributed by atoms with van der Waals surface area (Å²) in [5.74, 6) is 0.142. The van der Waals surface area contributed by atoms with E-state index >= 15 is 0 Å². The van der Waals surface area contributed by atoms with Gasteiger partial charge in [-0.15, -0.1) is 10.2 Å². The van der Waals surface area contributed by atoms with Crippen LogP contribution < -0.4 is 5.32 Å². The fraction of sp³-hybridized carbons (Fsp3) is 0.409. The number of nitrogens with one attached hydrogen (secondary N) is 1. The molecule has 3 heterocycles. The minimum absolute atomic E-state index is 0.105. The van der Waals surface area contributed by atoms with Gasteiger partial charge in [0.05, 0.1) is 17.0 Å². The second-order valence-corrected chi connectivity index (χ2v) is 10.7. The molecule has 4 rings (SSSR count).